The number of pyridine rings is 1. The highest BCUT2D eigenvalue weighted by atomic mass is 16.1. The number of carbonyl (C=O) groups excluding carboxylic acids is 1. The van der Waals surface area contributed by atoms with E-state index in [1.807, 2.05) is 24.3 Å². The number of allylic oxidation sites excluding steroid dienone is 1. The van der Waals surface area contributed by atoms with Crippen molar-refractivity contribution < 1.29 is 4.79 Å². The summed E-state index contributed by atoms with van der Waals surface area (Å²) in [5.41, 5.74) is 2.43. The normalized spacial score (nSPS) is 16.1. The molecule has 0 aliphatic heterocycles. The fraction of sp³-hybridized carbons (Fsp3) is 0.125. The number of fused-ring (bicyclic) bond motifs is 1. The average molecular weight is 250 g/mol. The molecule has 0 bridgehead atoms. The van der Waals surface area contributed by atoms with Crippen molar-refractivity contribution in [3.8, 4) is 0 Å². The van der Waals surface area contributed by atoms with Crippen molar-refractivity contribution in [2.75, 3.05) is 5.32 Å². The van der Waals surface area contributed by atoms with Gasteiger partial charge in [-0.2, -0.15) is 0 Å². The van der Waals surface area contributed by atoms with Gasteiger partial charge in [0, 0.05) is 18.5 Å². The van der Waals surface area contributed by atoms with E-state index < -0.39 is 0 Å². The molecule has 1 aromatic heterocycles. The van der Waals surface area contributed by atoms with E-state index in [4.69, 9.17) is 0 Å². The lowest BCUT2D eigenvalue weighted by atomic mass is 9.97. The lowest BCUT2D eigenvalue weighted by molar-refractivity contribution is -0.116. The van der Waals surface area contributed by atoms with Gasteiger partial charge in [0.15, 0.2) is 0 Å². The van der Waals surface area contributed by atoms with Gasteiger partial charge in [-0.15, -0.1) is 0 Å². The first-order valence-electron chi connectivity index (χ1n) is 6.31. The van der Waals surface area contributed by atoms with E-state index in [1.165, 1.54) is 11.1 Å². The van der Waals surface area contributed by atoms with E-state index in [1.54, 1.807) is 12.3 Å². The van der Waals surface area contributed by atoms with Crippen molar-refractivity contribution in [3.63, 3.8) is 0 Å². The first-order chi connectivity index (χ1) is 9.33. The Hall–Kier alpha value is -2.42. The molecule has 3 nitrogen and oxygen atoms in total. The molecule has 1 aliphatic rings. The Labute approximate surface area is 112 Å². The molecule has 1 unspecified atom stereocenters. The Morgan fingerprint density at radius 3 is 2.84 bits per heavy atom. The lowest BCUT2D eigenvalue weighted by Gasteiger charge is -2.10. The summed E-state index contributed by atoms with van der Waals surface area (Å²) in [4.78, 5) is 16.1. The number of nitrogens with zero attached hydrogens (tertiary/aromatic N) is 1. The van der Waals surface area contributed by atoms with Gasteiger partial charge in [0.2, 0.25) is 5.91 Å². The lowest BCUT2D eigenvalue weighted by Crippen LogP contribution is -2.15. The molecule has 0 radical (unpaired) electrons. The van der Waals surface area contributed by atoms with E-state index in [2.05, 4.69) is 34.6 Å². The van der Waals surface area contributed by atoms with Crippen molar-refractivity contribution in [2.24, 2.45) is 0 Å². The minimum Gasteiger partial charge on any atom is -0.311 e. The first-order valence-corrected chi connectivity index (χ1v) is 6.31. The zero-order valence-corrected chi connectivity index (χ0v) is 10.4. The number of benzene rings is 1. The van der Waals surface area contributed by atoms with Gasteiger partial charge in [-0.25, -0.2) is 4.98 Å². The van der Waals surface area contributed by atoms with Crippen LogP contribution in [0.2, 0.25) is 0 Å². The van der Waals surface area contributed by atoms with E-state index in [-0.39, 0.29) is 11.8 Å². The van der Waals surface area contributed by atoms with Crippen LogP contribution in [0.1, 0.15) is 23.5 Å². The maximum absolute atomic E-state index is 12.0. The number of aromatic nitrogens is 1. The van der Waals surface area contributed by atoms with E-state index in [0.29, 0.717) is 12.2 Å². The van der Waals surface area contributed by atoms with Crippen molar-refractivity contribution in [1.82, 2.24) is 4.98 Å². The molecule has 3 heteroatoms. The van der Waals surface area contributed by atoms with Crippen molar-refractivity contribution >= 4 is 17.8 Å². The molecule has 3 rings (SSSR count). The van der Waals surface area contributed by atoms with Crippen LogP contribution in [0.3, 0.4) is 0 Å². The summed E-state index contributed by atoms with van der Waals surface area (Å²) in [6.45, 7) is 0. The van der Waals surface area contributed by atoms with Gasteiger partial charge in [0.25, 0.3) is 0 Å². The molecule has 2 aromatic rings. The summed E-state index contributed by atoms with van der Waals surface area (Å²) in [6, 6.07) is 13.6. The van der Waals surface area contributed by atoms with Crippen molar-refractivity contribution in [3.05, 3.63) is 65.9 Å². The Morgan fingerprint density at radius 2 is 2.00 bits per heavy atom. The molecule has 0 saturated heterocycles. The van der Waals surface area contributed by atoms with Gasteiger partial charge in [-0.1, -0.05) is 42.5 Å². The van der Waals surface area contributed by atoms with Crippen molar-refractivity contribution in [1.29, 1.82) is 0 Å². The Balaban J connectivity index is 1.67. The van der Waals surface area contributed by atoms with Gasteiger partial charge in [0.1, 0.15) is 5.82 Å². The molecular formula is C16H14N2O. The van der Waals surface area contributed by atoms with Crippen LogP contribution in [0, 0.1) is 0 Å². The number of amides is 1. The maximum Gasteiger partial charge on any atom is 0.226 e. The zero-order valence-electron chi connectivity index (χ0n) is 10.4. The number of rotatable bonds is 3. The van der Waals surface area contributed by atoms with Gasteiger partial charge in [-0.05, 0) is 23.3 Å². The highest BCUT2D eigenvalue weighted by molar-refractivity contribution is 5.91. The smallest absolute Gasteiger partial charge is 0.226 e. The van der Waals surface area contributed by atoms with E-state index in [0.717, 1.165) is 0 Å². The predicted octanol–water partition coefficient (Wildman–Crippen LogP) is 3.22. The number of carbonyl (C=O) groups is 1. The highest BCUT2D eigenvalue weighted by Crippen LogP contribution is 2.32. The third-order valence-electron chi connectivity index (χ3n) is 3.24. The molecule has 1 N–H and O–H groups in total. The minimum atomic E-state index is -0.00921. The monoisotopic (exact) mass is 250 g/mol. The summed E-state index contributed by atoms with van der Waals surface area (Å²) < 4.78 is 0. The van der Waals surface area contributed by atoms with Crippen LogP contribution in [-0.4, -0.2) is 10.9 Å². The van der Waals surface area contributed by atoms with Crippen LogP contribution in [0.5, 0.6) is 0 Å². The second-order valence-corrected chi connectivity index (χ2v) is 4.56. The van der Waals surface area contributed by atoms with E-state index >= 15 is 0 Å². The van der Waals surface area contributed by atoms with Gasteiger partial charge in [-0.3, -0.25) is 4.79 Å². The summed E-state index contributed by atoms with van der Waals surface area (Å²) in [6.07, 6.45) is 6.28. The quantitative estimate of drug-likeness (QED) is 0.908. The minimum absolute atomic E-state index is 0.00921. The molecule has 0 fully saturated rings. The molecule has 94 valence electrons. The molecule has 1 atom stereocenters. The molecular weight excluding hydrogens is 236 g/mol. The molecule has 1 aromatic carbocycles. The van der Waals surface area contributed by atoms with Crippen LogP contribution < -0.4 is 5.32 Å². The van der Waals surface area contributed by atoms with Gasteiger partial charge < -0.3 is 5.32 Å². The Morgan fingerprint density at radius 1 is 1.16 bits per heavy atom. The summed E-state index contributed by atoms with van der Waals surface area (Å²) >= 11 is 0. The van der Waals surface area contributed by atoms with Gasteiger partial charge in [0.05, 0.1) is 0 Å². The van der Waals surface area contributed by atoms with Gasteiger partial charge >= 0.3 is 0 Å². The standard InChI is InChI=1S/C16H14N2O/c19-16(18-15-7-3-4-10-17-15)11-13-9-8-12-5-1-2-6-14(12)13/h1-10,13H,11H2,(H,17,18,19). The number of nitrogens with one attached hydrogen (secondary N) is 1. The van der Waals surface area contributed by atoms with Crippen LogP contribution >= 0.6 is 0 Å². The maximum atomic E-state index is 12.0. The number of hydrogen-bond donors (Lipinski definition) is 1. The highest BCUT2D eigenvalue weighted by Gasteiger charge is 2.19. The molecule has 1 amide bonds. The third-order valence-corrected chi connectivity index (χ3v) is 3.24. The Kier molecular flexibility index (Phi) is 3.11. The largest absolute Gasteiger partial charge is 0.311 e. The molecule has 0 saturated carbocycles. The molecule has 19 heavy (non-hydrogen) atoms. The fourth-order valence-electron chi connectivity index (χ4n) is 2.33. The Bertz CT molecular complexity index is 620. The van der Waals surface area contributed by atoms with Crippen molar-refractivity contribution in [2.45, 2.75) is 12.3 Å². The summed E-state index contributed by atoms with van der Waals surface area (Å²) in [7, 11) is 0. The second kappa shape index (κ2) is 5.06. The van der Waals surface area contributed by atoms with E-state index in [9.17, 15) is 4.79 Å². The third kappa shape index (κ3) is 2.55. The predicted molar refractivity (Wildman–Crippen MR) is 75.7 cm³/mol. The number of anilines is 1. The molecule has 0 spiro atoms. The zero-order chi connectivity index (χ0) is 13.1. The number of hydrogen-bond acceptors (Lipinski definition) is 2. The topological polar surface area (TPSA) is 42.0 Å². The average Bonchev–Trinajstić information content (AvgIpc) is 2.83. The first kappa shape index (κ1) is 11.7. The van der Waals surface area contributed by atoms with Crippen LogP contribution in [0.25, 0.3) is 6.08 Å². The second-order valence-electron chi connectivity index (χ2n) is 4.56. The fourth-order valence-corrected chi connectivity index (χ4v) is 2.33. The SMILES string of the molecule is O=C(CC1C=Cc2ccccc21)Nc1ccccn1. The summed E-state index contributed by atoms with van der Waals surface area (Å²) in [5, 5.41) is 2.82. The molecule has 1 aliphatic carbocycles. The van der Waals surface area contributed by atoms with Crippen LogP contribution in [0.15, 0.2) is 54.7 Å². The summed E-state index contributed by atoms with van der Waals surface area (Å²) in [5.74, 6) is 0.757. The van der Waals surface area contributed by atoms with Crippen LogP contribution in [0.4, 0.5) is 5.82 Å². The van der Waals surface area contributed by atoms with Crippen LogP contribution in [-0.2, 0) is 4.79 Å². The molecule has 1 heterocycles.